The molecule has 2 aromatic carbocycles. The molecule has 0 saturated heterocycles. The first-order valence-electron chi connectivity index (χ1n) is 10.3. The van der Waals surface area contributed by atoms with Crippen molar-refractivity contribution in [1.82, 2.24) is 9.97 Å². The average Bonchev–Trinajstić information content (AvgIpc) is 3.22. The number of unbranched alkanes of at least 4 members (excludes halogenated alkanes) is 1. The van der Waals surface area contributed by atoms with Gasteiger partial charge in [-0.15, -0.1) is 0 Å². The summed E-state index contributed by atoms with van der Waals surface area (Å²) in [6.07, 6.45) is 5.45. The quantitative estimate of drug-likeness (QED) is 0.231. The number of benzene rings is 2. The zero-order valence-corrected chi connectivity index (χ0v) is 20.6. The Hall–Kier alpha value is -3.13. The molecule has 33 heavy (non-hydrogen) atoms. The van der Waals surface area contributed by atoms with Gasteiger partial charge in [-0.3, -0.25) is 0 Å². The Morgan fingerprint density at radius 3 is 2.55 bits per heavy atom. The number of aliphatic carboxylic acids is 1. The van der Waals surface area contributed by atoms with E-state index in [-0.39, 0.29) is 29.6 Å². The monoisotopic (exact) mass is 451 g/mol. The van der Waals surface area contributed by atoms with Crippen LogP contribution in [0.25, 0.3) is 33.6 Å². The molecule has 0 radical (unpaired) electrons. The van der Waals surface area contributed by atoms with Crippen LogP contribution in [0.3, 0.4) is 0 Å². The smallest absolute Gasteiger partial charge is 0.545 e. The number of fused-ring (bicyclic) bond motifs is 1. The maximum atomic E-state index is 10.5. The van der Waals surface area contributed by atoms with Crippen LogP contribution in [0.5, 0.6) is 5.75 Å². The van der Waals surface area contributed by atoms with E-state index in [1.807, 2.05) is 54.6 Å². The second kappa shape index (κ2) is 11.7. The van der Waals surface area contributed by atoms with Gasteiger partial charge in [-0.1, -0.05) is 48.5 Å². The summed E-state index contributed by atoms with van der Waals surface area (Å²) in [5.41, 5.74) is 3.28. The maximum absolute atomic E-state index is 10.5. The number of methoxy groups -OCH3 is 1. The van der Waals surface area contributed by atoms with E-state index in [4.69, 9.17) is 9.15 Å². The molecule has 0 aliphatic rings. The summed E-state index contributed by atoms with van der Waals surface area (Å²) in [6, 6.07) is 17.7. The number of nitrogens with zero attached hydrogens (tertiary/aromatic N) is 2. The van der Waals surface area contributed by atoms with Gasteiger partial charge in [0.25, 0.3) is 0 Å². The van der Waals surface area contributed by atoms with Crippen molar-refractivity contribution in [2.75, 3.05) is 19.0 Å². The third-order valence-corrected chi connectivity index (χ3v) is 5.00. The van der Waals surface area contributed by atoms with Gasteiger partial charge in [0.2, 0.25) is 5.71 Å². The number of carbonyl (C=O) groups is 1. The molecular weight excluding hydrogens is 429 g/mol. The Kier molecular flexibility index (Phi) is 8.65. The van der Waals surface area contributed by atoms with Crippen molar-refractivity contribution >= 4 is 22.9 Å². The zero-order valence-electron chi connectivity index (χ0n) is 18.6. The predicted molar refractivity (Wildman–Crippen MR) is 121 cm³/mol. The number of carbonyl (C=O) groups excluding carboxylic acids is 1. The molecular formula is C25H22N3NaO4. The third-order valence-electron chi connectivity index (χ3n) is 5.00. The number of nitrogens with one attached hydrogen (secondary N) is 1. The molecule has 0 bridgehead atoms. The molecule has 0 unspecified atom stereocenters. The SMILES string of the molecule is COc1ccc(-c2c(-c3ccccc3)oc3ncnc(NCCC/C=C/C(=O)[O-])c23)cc1.[Na+]. The fraction of sp³-hybridized carbons (Fsp3) is 0.160. The predicted octanol–water partition coefficient (Wildman–Crippen LogP) is 1.07. The van der Waals surface area contributed by atoms with Crippen LogP contribution in [0.4, 0.5) is 5.82 Å². The van der Waals surface area contributed by atoms with E-state index in [1.54, 1.807) is 13.2 Å². The number of carboxylic acid groups (broad SMARTS) is 1. The van der Waals surface area contributed by atoms with Crippen LogP contribution in [0, 0.1) is 0 Å². The first kappa shape index (κ1) is 24.5. The molecule has 0 aliphatic heterocycles. The number of aromatic nitrogens is 2. The van der Waals surface area contributed by atoms with Gasteiger partial charge in [0.1, 0.15) is 23.7 Å². The molecule has 162 valence electrons. The summed E-state index contributed by atoms with van der Waals surface area (Å²) in [5.74, 6) is 0.954. The molecule has 4 aromatic rings. The Morgan fingerprint density at radius 1 is 1.09 bits per heavy atom. The number of furan rings is 1. The molecule has 0 fully saturated rings. The number of hydrogen-bond acceptors (Lipinski definition) is 7. The van der Waals surface area contributed by atoms with E-state index in [0.717, 1.165) is 40.3 Å². The van der Waals surface area contributed by atoms with Gasteiger partial charge >= 0.3 is 29.6 Å². The van der Waals surface area contributed by atoms with Gasteiger partial charge in [-0.2, -0.15) is 0 Å². The third kappa shape index (κ3) is 5.82. The maximum Gasteiger partial charge on any atom is 1.00 e. The number of carboxylic acids is 1. The second-order valence-electron chi connectivity index (χ2n) is 7.09. The molecule has 8 heteroatoms. The van der Waals surface area contributed by atoms with Crippen LogP contribution in [0.2, 0.25) is 0 Å². The number of rotatable bonds is 9. The van der Waals surface area contributed by atoms with E-state index < -0.39 is 5.97 Å². The molecule has 7 nitrogen and oxygen atoms in total. The number of ether oxygens (including phenoxy) is 1. The summed E-state index contributed by atoms with van der Waals surface area (Å²) < 4.78 is 11.5. The summed E-state index contributed by atoms with van der Waals surface area (Å²) in [5, 5.41) is 14.6. The van der Waals surface area contributed by atoms with E-state index in [0.29, 0.717) is 30.3 Å². The van der Waals surface area contributed by atoms with Gasteiger partial charge in [-0.25, -0.2) is 9.97 Å². The Labute approximate surface area is 213 Å². The van der Waals surface area contributed by atoms with Gasteiger partial charge < -0.3 is 24.4 Å². The molecule has 0 spiro atoms. The Morgan fingerprint density at radius 2 is 1.85 bits per heavy atom. The molecule has 0 saturated carbocycles. The normalized spacial score (nSPS) is 10.8. The summed E-state index contributed by atoms with van der Waals surface area (Å²) in [6.45, 7) is 0.609. The fourth-order valence-corrected chi connectivity index (χ4v) is 3.50. The van der Waals surface area contributed by atoms with Gasteiger partial charge in [0.15, 0.2) is 0 Å². The largest absolute Gasteiger partial charge is 1.00 e. The van der Waals surface area contributed by atoms with Crippen LogP contribution in [-0.4, -0.2) is 29.6 Å². The standard InChI is InChI=1S/C25H23N3O4.Na/c1-31-19-13-11-17(12-14-19)21-22-24(26-15-7-3-6-10-20(29)30)27-16-28-25(22)32-23(21)18-8-4-2-5-9-18;/h2,4-6,8-14,16H,3,7,15H2,1H3,(H,29,30)(H,26,27,28);/q;+1/p-1/b10-6+;. The van der Waals surface area contributed by atoms with Crippen molar-refractivity contribution in [3.63, 3.8) is 0 Å². The second-order valence-corrected chi connectivity index (χ2v) is 7.09. The van der Waals surface area contributed by atoms with Crippen LogP contribution >= 0.6 is 0 Å². The Balaban J connectivity index is 0.00000306. The average molecular weight is 451 g/mol. The minimum Gasteiger partial charge on any atom is -0.545 e. The summed E-state index contributed by atoms with van der Waals surface area (Å²) in [7, 11) is 1.63. The van der Waals surface area contributed by atoms with Crippen LogP contribution in [-0.2, 0) is 4.79 Å². The van der Waals surface area contributed by atoms with Crippen molar-refractivity contribution in [3.05, 3.63) is 73.1 Å². The van der Waals surface area contributed by atoms with Gasteiger partial charge in [-0.05, 0) is 36.6 Å². The summed E-state index contributed by atoms with van der Waals surface area (Å²) >= 11 is 0. The molecule has 2 aromatic heterocycles. The first-order chi connectivity index (χ1) is 15.7. The van der Waals surface area contributed by atoms with Crippen molar-refractivity contribution in [2.24, 2.45) is 0 Å². The number of hydrogen-bond donors (Lipinski definition) is 1. The molecule has 4 rings (SSSR count). The van der Waals surface area contributed by atoms with Crippen molar-refractivity contribution in [2.45, 2.75) is 12.8 Å². The first-order valence-corrected chi connectivity index (χ1v) is 10.3. The molecule has 0 atom stereocenters. The molecule has 0 aliphatic carbocycles. The molecule has 0 amide bonds. The van der Waals surface area contributed by atoms with Crippen LogP contribution in [0.1, 0.15) is 12.8 Å². The van der Waals surface area contributed by atoms with Gasteiger partial charge in [0, 0.05) is 17.7 Å². The number of anilines is 1. The van der Waals surface area contributed by atoms with Crippen molar-refractivity contribution in [3.8, 4) is 28.2 Å². The molecule has 1 N–H and O–H groups in total. The fourth-order valence-electron chi connectivity index (χ4n) is 3.50. The van der Waals surface area contributed by atoms with Crippen molar-refractivity contribution in [1.29, 1.82) is 0 Å². The van der Waals surface area contributed by atoms with Gasteiger partial charge in [0.05, 0.1) is 18.5 Å². The zero-order chi connectivity index (χ0) is 22.3. The Bertz CT molecular complexity index is 1240. The van der Waals surface area contributed by atoms with E-state index >= 15 is 0 Å². The van der Waals surface area contributed by atoms with E-state index in [2.05, 4.69) is 15.3 Å². The summed E-state index contributed by atoms with van der Waals surface area (Å²) in [4.78, 5) is 19.3. The van der Waals surface area contributed by atoms with Crippen LogP contribution in [0.15, 0.2) is 77.5 Å². The van der Waals surface area contributed by atoms with E-state index in [1.165, 1.54) is 6.33 Å². The molecule has 2 heterocycles. The van der Waals surface area contributed by atoms with Crippen molar-refractivity contribution < 1.29 is 48.6 Å². The minimum absolute atomic E-state index is 0. The minimum atomic E-state index is -1.19. The van der Waals surface area contributed by atoms with Crippen LogP contribution < -0.4 is 44.7 Å². The number of allylic oxidation sites excluding steroid dienone is 1. The van der Waals surface area contributed by atoms with E-state index in [9.17, 15) is 9.90 Å². The topological polar surface area (TPSA) is 100 Å².